The van der Waals surface area contributed by atoms with Gasteiger partial charge in [-0.3, -0.25) is 4.84 Å². The minimum Gasteiger partial charge on any atom is -0.263 e. The molecule has 0 rings (SSSR count). The lowest BCUT2D eigenvalue weighted by molar-refractivity contribution is 0.123. The van der Waals surface area contributed by atoms with Crippen LogP contribution >= 0.6 is 0 Å². The summed E-state index contributed by atoms with van der Waals surface area (Å²) in [4.78, 5) is 3.71. The van der Waals surface area contributed by atoms with E-state index in [9.17, 15) is 0 Å². The first kappa shape index (κ1) is 5.66. The van der Waals surface area contributed by atoms with Crippen molar-refractivity contribution >= 4 is 0 Å². The lowest BCUT2D eigenvalue weighted by Crippen LogP contribution is -1.85. The molecule has 0 aliphatic carbocycles. The van der Waals surface area contributed by atoms with Crippen molar-refractivity contribution < 1.29 is 4.84 Å². The zero-order chi connectivity index (χ0) is 4.83. The van der Waals surface area contributed by atoms with Crippen molar-refractivity contribution in [1.82, 2.24) is 5.90 Å². The minimum absolute atomic E-state index is 0.351. The van der Waals surface area contributed by atoms with Crippen molar-refractivity contribution in [2.75, 3.05) is 6.61 Å². The van der Waals surface area contributed by atoms with E-state index in [4.69, 9.17) is 5.90 Å². The van der Waals surface area contributed by atoms with E-state index in [1.54, 1.807) is 6.08 Å². The molecule has 6 heavy (non-hydrogen) atoms. The molecule has 0 aliphatic heterocycles. The summed E-state index contributed by atoms with van der Waals surface area (Å²) in [5.74, 6) is 7.65. The van der Waals surface area contributed by atoms with E-state index < -0.39 is 0 Å². The van der Waals surface area contributed by atoms with Crippen LogP contribution in [0, 0.1) is 0 Å². The summed E-state index contributed by atoms with van der Waals surface area (Å²) in [6, 6.07) is 0. The zero-order valence-electron chi connectivity index (χ0n) is 3.55. The smallest absolute Gasteiger partial charge is 0.0754 e. The molecule has 0 heterocycles. The van der Waals surface area contributed by atoms with Crippen LogP contribution in [-0.4, -0.2) is 6.61 Å². The maximum absolute atomic E-state index is 7.65. The van der Waals surface area contributed by atoms with E-state index >= 15 is 0 Å². The molecular formula is C4H7NO. The third kappa shape index (κ3) is 3.66. The fourth-order valence-corrected chi connectivity index (χ4v) is 0.136. The highest BCUT2D eigenvalue weighted by atomic mass is 16.6. The molecule has 0 aromatic rings. The van der Waals surface area contributed by atoms with Crippen LogP contribution in [0.1, 0.15) is 6.42 Å². The van der Waals surface area contributed by atoms with Crippen LogP contribution in [0.3, 0.4) is 0 Å². The average molecular weight is 85.1 g/mol. The molecule has 0 bridgehead atoms. The first-order valence-electron chi connectivity index (χ1n) is 1.79. The molecule has 0 N–H and O–H groups in total. The summed E-state index contributed by atoms with van der Waals surface area (Å²) in [7, 11) is 0. The SMILES string of the molecule is C=CCCO[N]. The molecule has 2 radical (unpaired) electrons. The molecule has 34 valence electrons. The Labute approximate surface area is 37.6 Å². The quantitative estimate of drug-likeness (QED) is 0.280. The van der Waals surface area contributed by atoms with Crippen molar-refractivity contribution in [3.8, 4) is 0 Å². The summed E-state index contributed by atoms with van der Waals surface area (Å²) in [6.45, 7) is 3.76. The number of nitrogens with zero attached hydrogens (tertiary/aromatic N) is 1. The van der Waals surface area contributed by atoms with Crippen molar-refractivity contribution in [3.63, 3.8) is 0 Å². The molecular weight excluding hydrogens is 78.0 g/mol. The highest BCUT2D eigenvalue weighted by Gasteiger charge is 1.72. The molecule has 2 heteroatoms. The summed E-state index contributed by atoms with van der Waals surface area (Å²) in [5, 5.41) is 0. The molecule has 0 spiro atoms. The van der Waals surface area contributed by atoms with Gasteiger partial charge in [-0.2, -0.15) is 0 Å². The molecule has 0 atom stereocenters. The Bertz CT molecular complexity index is 36.5. The van der Waals surface area contributed by atoms with E-state index in [2.05, 4.69) is 11.4 Å². The second-order valence-electron chi connectivity index (χ2n) is 0.911. The van der Waals surface area contributed by atoms with E-state index in [0.29, 0.717) is 13.0 Å². The lowest BCUT2D eigenvalue weighted by atomic mass is 10.5. The van der Waals surface area contributed by atoms with Crippen LogP contribution < -0.4 is 5.90 Å². The lowest BCUT2D eigenvalue weighted by Gasteiger charge is -1.81. The molecule has 0 unspecified atom stereocenters. The summed E-state index contributed by atoms with van der Waals surface area (Å²) in [6.07, 6.45) is 2.38. The number of hydrogen-bond donors (Lipinski definition) is 0. The van der Waals surface area contributed by atoms with Crippen molar-refractivity contribution in [3.05, 3.63) is 12.7 Å². The Morgan fingerprint density at radius 3 is 2.67 bits per heavy atom. The van der Waals surface area contributed by atoms with Gasteiger partial charge >= 0.3 is 0 Å². The van der Waals surface area contributed by atoms with Crippen LogP contribution in [0.25, 0.3) is 0 Å². The fourth-order valence-electron chi connectivity index (χ4n) is 0.136. The average Bonchev–Trinajstić information content (AvgIpc) is 1.61. The normalized spacial score (nSPS) is 8.17. The topological polar surface area (TPSA) is 31.5 Å². The minimum atomic E-state index is 0.351. The van der Waals surface area contributed by atoms with Gasteiger partial charge in [0, 0.05) is 5.90 Å². The van der Waals surface area contributed by atoms with Crippen LogP contribution in [-0.2, 0) is 4.84 Å². The van der Waals surface area contributed by atoms with Crippen LogP contribution in [0.15, 0.2) is 12.7 Å². The molecule has 0 fully saturated rings. The molecule has 2 nitrogen and oxygen atoms in total. The number of hydrogen-bond acceptors (Lipinski definition) is 1. The third-order valence-electron chi connectivity index (χ3n) is 0.413. The van der Waals surface area contributed by atoms with Crippen molar-refractivity contribution in [1.29, 1.82) is 0 Å². The van der Waals surface area contributed by atoms with Crippen LogP contribution in [0.2, 0.25) is 0 Å². The molecule has 0 saturated carbocycles. The highest BCUT2D eigenvalue weighted by Crippen LogP contribution is 1.75. The van der Waals surface area contributed by atoms with Gasteiger partial charge in [0.05, 0.1) is 6.61 Å². The largest absolute Gasteiger partial charge is 0.263 e. The van der Waals surface area contributed by atoms with Gasteiger partial charge in [0.1, 0.15) is 0 Å². The summed E-state index contributed by atoms with van der Waals surface area (Å²) >= 11 is 0. The maximum atomic E-state index is 7.65. The predicted molar refractivity (Wildman–Crippen MR) is 22.9 cm³/mol. The van der Waals surface area contributed by atoms with Gasteiger partial charge in [0.15, 0.2) is 0 Å². The van der Waals surface area contributed by atoms with Crippen LogP contribution in [0.5, 0.6) is 0 Å². The second kappa shape index (κ2) is 4.66. The standard InChI is InChI=1S/C4H7NO/c1-2-3-4-6-5/h2H,1,3-4H2. The third-order valence-corrected chi connectivity index (χ3v) is 0.413. The molecule has 0 aromatic heterocycles. The van der Waals surface area contributed by atoms with E-state index in [1.807, 2.05) is 0 Å². The van der Waals surface area contributed by atoms with Gasteiger partial charge in [-0.05, 0) is 6.42 Å². The van der Waals surface area contributed by atoms with Gasteiger partial charge in [-0.1, -0.05) is 6.08 Å². The van der Waals surface area contributed by atoms with E-state index in [-0.39, 0.29) is 0 Å². The van der Waals surface area contributed by atoms with Crippen LogP contribution in [0.4, 0.5) is 0 Å². The van der Waals surface area contributed by atoms with E-state index in [1.165, 1.54) is 0 Å². The Morgan fingerprint density at radius 2 is 2.50 bits per heavy atom. The first-order valence-corrected chi connectivity index (χ1v) is 1.79. The number of rotatable bonds is 3. The van der Waals surface area contributed by atoms with Crippen molar-refractivity contribution in [2.45, 2.75) is 6.42 Å². The zero-order valence-corrected chi connectivity index (χ0v) is 3.55. The highest BCUT2D eigenvalue weighted by molar-refractivity contribution is 4.63. The van der Waals surface area contributed by atoms with Gasteiger partial charge in [0.25, 0.3) is 0 Å². The van der Waals surface area contributed by atoms with Gasteiger partial charge in [0.2, 0.25) is 0 Å². The monoisotopic (exact) mass is 85.1 g/mol. The first-order chi connectivity index (χ1) is 2.91. The van der Waals surface area contributed by atoms with Crippen molar-refractivity contribution in [2.24, 2.45) is 0 Å². The summed E-state index contributed by atoms with van der Waals surface area (Å²) < 4.78 is 0. The summed E-state index contributed by atoms with van der Waals surface area (Å²) in [5.41, 5.74) is 0. The Morgan fingerprint density at radius 1 is 1.83 bits per heavy atom. The Hall–Kier alpha value is -0.340. The molecule has 0 aromatic carbocycles. The molecule has 0 amide bonds. The van der Waals surface area contributed by atoms with Gasteiger partial charge < -0.3 is 0 Å². The predicted octanol–water partition coefficient (Wildman–Crippen LogP) is 0.563. The van der Waals surface area contributed by atoms with E-state index in [0.717, 1.165) is 0 Å². The second-order valence-corrected chi connectivity index (χ2v) is 0.911. The Balaban J connectivity index is 2.49. The van der Waals surface area contributed by atoms with Gasteiger partial charge in [-0.15, -0.1) is 6.58 Å². The van der Waals surface area contributed by atoms with Gasteiger partial charge in [-0.25, -0.2) is 0 Å². The molecule has 0 aliphatic rings. The fraction of sp³-hybridized carbons (Fsp3) is 0.500. The maximum Gasteiger partial charge on any atom is 0.0754 e. The molecule has 0 saturated heterocycles. The Kier molecular flexibility index (Phi) is 4.40.